The first-order valence-electron chi connectivity index (χ1n) is 5.68. The third-order valence-corrected chi connectivity index (χ3v) is 4.64. The lowest BCUT2D eigenvalue weighted by Gasteiger charge is -2.21. The average molecular weight is 291 g/mol. The first kappa shape index (κ1) is 16.0. The number of ether oxygens (including phenoxy) is 1. The van der Waals surface area contributed by atoms with Gasteiger partial charge in [0.25, 0.3) is 0 Å². The number of rotatable bonds is 6. The molecular formula is C12H18FNO4S. The van der Waals surface area contributed by atoms with Gasteiger partial charge in [-0.05, 0) is 30.7 Å². The Hall–Kier alpha value is -1.02. The predicted octanol–water partition coefficient (Wildman–Crippen LogP) is 0.762. The van der Waals surface area contributed by atoms with Crippen LogP contribution in [0.3, 0.4) is 0 Å². The quantitative estimate of drug-likeness (QED) is 0.840. The zero-order valence-electron chi connectivity index (χ0n) is 11.1. The third kappa shape index (κ3) is 3.97. The number of aliphatic hydroxyl groups is 1. The van der Waals surface area contributed by atoms with E-state index in [2.05, 4.69) is 0 Å². The molecule has 1 unspecified atom stereocenters. The molecule has 19 heavy (non-hydrogen) atoms. The lowest BCUT2D eigenvalue weighted by atomic mass is 10.2. The Balaban J connectivity index is 2.97. The van der Waals surface area contributed by atoms with Gasteiger partial charge in [0.2, 0.25) is 10.0 Å². The summed E-state index contributed by atoms with van der Waals surface area (Å²) in [5.74, 6) is -0.487. The Bertz CT molecular complexity index is 533. The van der Waals surface area contributed by atoms with E-state index in [1.165, 1.54) is 27.1 Å². The highest BCUT2D eigenvalue weighted by Crippen LogP contribution is 2.19. The first-order valence-corrected chi connectivity index (χ1v) is 7.12. The molecule has 0 radical (unpaired) electrons. The number of halogens is 1. The van der Waals surface area contributed by atoms with Crippen molar-refractivity contribution in [3.63, 3.8) is 0 Å². The van der Waals surface area contributed by atoms with Gasteiger partial charge in [-0.3, -0.25) is 0 Å². The maximum absolute atomic E-state index is 13.0. The fraction of sp³-hybridized carbons (Fsp3) is 0.500. The number of sulfonamides is 1. The second-order valence-corrected chi connectivity index (χ2v) is 6.32. The van der Waals surface area contributed by atoms with Crippen LogP contribution < -0.4 is 0 Å². The van der Waals surface area contributed by atoms with Crippen molar-refractivity contribution in [1.82, 2.24) is 4.31 Å². The van der Waals surface area contributed by atoms with Gasteiger partial charge in [0.05, 0.1) is 17.6 Å². The lowest BCUT2D eigenvalue weighted by molar-refractivity contribution is 0.0554. The second kappa shape index (κ2) is 6.42. The summed E-state index contributed by atoms with van der Waals surface area (Å²) in [5, 5.41) is 9.55. The van der Waals surface area contributed by atoms with Crippen LogP contribution in [0.15, 0.2) is 23.1 Å². The monoisotopic (exact) mass is 291 g/mol. The summed E-state index contributed by atoms with van der Waals surface area (Å²) < 4.78 is 43.3. The van der Waals surface area contributed by atoms with Crippen LogP contribution in [0.4, 0.5) is 4.39 Å². The number of hydrogen-bond donors (Lipinski definition) is 1. The minimum absolute atomic E-state index is 0.0287. The maximum atomic E-state index is 13.0. The summed E-state index contributed by atoms with van der Waals surface area (Å²) in [6, 6.07) is 3.48. The van der Waals surface area contributed by atoms with E-state index >= 15 is 0 Å². The van der Waals surface area contributed by atoms with Crippen molar-refractivity contribution < 1.29 is 22.7 Å². The molecule has 1 N–H and O–H groups in total. The zero-order chi connectivity index (χ0) is 14.6. The van der Waals surface area contributed by atoms with Crippen molar-refractivity contribution in [3.8, 4) is 0 Å². The van der Waals surface area contributed by atoms with Gasteiger partial charge in [-0.25, -0.2) is 12.8 Å². The Labute approximate surface area is 112 Å². The van der Waals surface area contributed by atoms with Crippen molar-refractivity contribution in [2.45, 2.75) is 17.9 Å². The topological polar surface area (TPSA) is 66.8 Å². The van der Waals surface area contributed by atoms with Crippen LogP contribution in [-0.4, -0.2) is 51.2 Å². The molecule has 0 fully saturated rings. The van der Waals surface area contributed by atoms with Crippen LogP contribution >= 0.6 is 0 Å². The van der Waals surface area contributed by atoms with Gasteiger partial charge in [0.1, 0.15) is 5.82 Å². The van der Waals surface area contributed by atoms with Crippen LogP contribution in [0.25, 0.3) is 0 Å². The number of methoxy groups -OCH3 is 1. The Morgan fingerprint density at radius 2 is 2.11 bits per heavy atom. The molecule has 7 heteroatoms. The van der Waals surface area contributed by atoms with E-state index in [0.717, 1.165) is 16.4 Å². The highest BCUT2D eigenvalue weighted by Gasteiger charge is 2.24. The van der Waals surface area contributed by atoms with E-state index in [1.54, 1.807) is 0 Å². The standard InChI is InChI=1S/C12H18FNO4S/c1-9-6-10(13)4-5-12(9)19(16,17)14(2)7-11(15)8-18-3/h4-6,11,15H,7-8H2,1-3H3. The molecule has 0 amide bonds. The summed E-state index contributed by atoms with van der Waals surface area (Å²) in [6.45, 7) is 1.48. The molecule has 1 atom stereocenters. The maximum Gasteiger partial charge on any atom is 0.243 e. The van der Waals surface area contributed by atoms with E-state index in [9.17, 15) is 17.9 Å². The van der Waals surface area contributed by atoms with Crippen molar-refractivity contribution in [1.29, 1.82) is 0 Å². The smallest absolute Gasteiger partial charge is 0.243 e. The van der Waals surface area contributed by atoms with Crippen molar-refractivity contribution in [3.05, 3.63) is 29.6 Å². The van der Waals surface area contributed by atoms with E-state index in [0.29, 0.717) is 5.56 Å². The lowest BCUT2D eigenvalue weighted by Crippen LogP contribution is -2.36. The Morgan fingerprint density at radius 1 is 1.47 bits per heavy atom. The van der Waals surface area contributed by atoms with Gasteiger partial charge in [0, 0.05) is 20.7 Å². The first-order chi connectivity index (χ1) is 8.78. The molecule has 0 saturated heterocycles. The number of hydrogen-bond acceptors (Lipinski definition) is 4. The molecule has 1 aromatic carbocycles. The molecule has 0 aliphatic heterocycles. The van der Waals surface area contributed by atoms with E-state index in [-0.39, 0.29) is 18.0 Å². The SMILES string of the molecule is COCC(O)CN(C)S(=O)(=O)c1ccc(F)cc1C. The normalized spacial score (nSPS) is 13.8. The molecule has 0 heterocycles. The van der Waals surface area contributed by atoms with Crippen LogP contribution in [-0.2, 0) is 14.8 Å². The van der Waals surface area contributed by atoms with Crippen molar-refractivity contribution in [2.75, 3.05) is 27.3 Å². The van der Waals surface area contributed by atoms with E-state index in [1.807, 2.05) is 0 Å². The van der Waals surface area contributed by atoms with Gasteiger partial charge < -0.3 is 9.84 Å². The van der Waals surface area contributed by atoms with Gasteiger partial charge in [-0.1, -0.05) is 0 Å². The average Bonchev–Trinajstić information content (AvgIpc) is 2.28. The zero-order valence-corrected chi connectivity index (χ0v) is 11.9. The number of nitrogens with zero attached hydrogens (tertiary/aromatic N) is 1. The summed E-state index contributed by atoms with van der Waals surface area (Å²) >= 11 is 0. The van der Waals surface area contributed by atoms with Crippen LogP contribution in [0.5, 0.6) is 0 Å². The van der Waals surface area contributed by atoms with E-state index in [4.69, 9.17) is 4.74 Å². The summed E-state index contributed by atoms with van der Waals surface area (Å²) in [5.41, 5.74) is 0.327. The van der Waals surface area contributed by atoms with Gasteiger partial charge in [0.15, 0.2) is 0 Å². The van der Waals surface area contributed by atoms with Crippen molar-refractivity contribution in [2.24, 2.45) is 0 Å². The fourth-order valence-corrected chi connectivity index (χ4v) is 3.12. The fourth-order valence-electron chi connectivity index (χ4n) is 1.71. The van der Waals surface area contributed by atoms with Crippen molar-refractivity contribution >= 4 is 10.0 Å². The van der Waals surface area contributed by atoms with Gasteiger partial charge in [-0.2, -0.15) is 4.31 Å². The molecule has 1 aromatic rings. The molecular weight excluding hydrogens is 273 g/mol. The summed E-state index contributed by atoms with van der Waals surface area (Å²) in [6.07, 6.45) is -0.912. The molecule has 0 bridgehead atoms. The number of benzene rings is 1. The molecule has 5 nitrogen and oxygen atoms in total. The molecule has 0 spiro atoms. The van der Waals surface area contributed by atoms with Crippen LogP contribution in [0, 0.1) is 12.7 Å². The molecule has 0 saturated carbocycles. The Morgan fingerprint density at radius 3 is 2.63 bits per heavy atom. The molecule has 108 valence electrons. The largest absolute Gasteiger partial charge is 0.389 e. The number of likely N-dealkylation sites (N-methyl/N-ethyl adjacent to an activating group) is 1. The highest BCUT2D eigenvalue weighted by atomic mass is 32.2. The molecule has 1 rings (SSSR count). The van der Waals surface area contributed by atoms with Crippen LogP contribution in [0.1, 0.15) is 5.56 Å². The minimum atomic E-state index is -3.75. The van der Waals surface area contributed by atoms with Gasteiger partial charge >= 0.3 is 0 Å². The predicted molar refractivity (Wildman–Crippen MR) is 68.8 cm³/mol. The highest BCUT2D eigenvalue weighted by molar-refractivity contribution is 7.89. The molecule has 0 aliphatic carbocycles. The Kier molecular flexibility index (Phi) is 5.42. The summed E-state index contributed by atoms with van der Waals surface area (Å²) in [4.78, 5) is 0.0287. The van der Waals surface area contributed by atoms with Crippen LogP contribution in [0.2, 0.25) is 0 Å². The second-order valence-electron chi connectivity index (χ2n) is 4.30. The molecule has 0 aromatic heterocycles. The van der Waals surface area contributed by atoms with Gasteiger partial charge in [-0.15, -0.1) is 0 Å². The number of aryl methyl sites for hydroxylation is 1. The molecule has 0 aliphatic rings. The number of aliphatic hydroxyl groups excluding tert-OH is 1. The van der Waals surface area contributed by atoms with E-state index < -0.39 is 21.9 Å². The summed E-state index contributed by atoms with van der Waals surface area (Å²) in [7, 11) is -0.972. The minimum Gasteiger partial charge on any atom is -0.389 e. The third-order valence-electron chi connectivity index (χ3n) is 2.65.